The molecule has 2 nitrogen and oxygen atoms in total. The maximum atomic E-state index is 9.33. The summed E-state index contributed by atoms with van der Waals surface area (Å²) >= 11 is 5.89. The van der Waals surface area contributed by atoms with Gasteiger partial charge >= 0.3 is 0 Å². The zero-order valence-electron chi connectivity index (χ0n) is 10.3. The summed E-state index contributed by atoms with van der Waals surface area (Å²) in [7, 11) is -1.94. The summed E-state index contributed by atoms with van der Waals surface area (Å²) in [6.07, 6.45) is 4.87. The van der Waals surface area contributed by atoms with Crippen LogP contribution in [0, 0.1) is 11.3 Å². The van der Waals surface area contributed by atoms with Gasteiger partial charge in [0.15, 0.2) is 5.60 Å². The van der Waals surface area contributed by atoms with Gasteiger partial charge in [0.2, 0.25) is 8.32 Å². The van der Waals surface area contributed by atoms with Crippen LogP contribution in [0.1, 0.15) is 20.3 Å². The molecule has 0 saturated heterocycles. The minimum Gasteiger partial charge on any atom is -0.395 e. The maximum absolute atomic E-state index is 9.33. The van der Waals surface area contributed by atoms with Crippen molar-refractivity contribution in [3.63, 3.8) is 0 Å². The van der Waals surface area contributed by atoms with Gasteiger partial charge in [0, 0.05) is 5.50 Å². The van der Waals surface area contributed by atoms with Gasteiger partial charge < -0.3 is 4.43 Å². The summed E-state index contributed by atoms with van der Waals surface area (Å²) in [4.78, 5) is 0. The number of rotatable bonds is 4. The Balaban J connectivity index is 2.85. The number of nitrogens with zero attached hydrogens (tertiary/aromatic N) is 1. The molecular formula is C12H18ClNOSi. The van der Waals surface area contributed by atoms with Crippen LogP contribution in [0.4, 0.5) is 0 Å². The van der Waals surface area contributed by atoms with Crippen LogP contribution in [-0.2, 0) is 4.43 Å². The number of nitriles is 1. The molecule has 16 heavy (non-hydrogen) atoms. The van der Waals surface area contributed by atoms with Crippen molar-refractivity contribution in [3.8, 4) is 6.07 Å². The fraction of sp³-hybridized carbons (Fsp3) is 0.583. The minimum absolute atomic E-state index is 0.504. The van der Waals surface area contributed by atoms with Crippen LogP contribution in [0.25, 0.3) is 0 Å². The average molecular weight is 256 g/mol. The molecule has 1 rings (SSSR count). The lowest BCUT2D eigenvalue weighted by molar-refractivity contribution is 0.176. The second-order valence-corrected chi connectivity index (χ2v) is 9.81. The highest BCUT2D eigenvalue weighted by Gasteiger charge is 2.37. The van der Waals surface area contributed by atoms with Gasteiger partial charge in [-0.05, 0) is 38.9 Å². The molecule has 0 saturated carbocycles. The molecule has 0 spiro atoms. The molecule has 0 aliphatic heterocycles. The molecule has 0 radical (unpaired) electrons. The van der Waals surface area contributed by atoms with Crippen LogP contribution >= 0.6 is 11.6 Å². The second-order valence-electron chi connectivity index (χ2n) is 5.02. The van der Waals surface area contributed by atoms with E-state index in [1.54, 1.807) is 0 Å². The quantitative estimate of drug-likeness (QED) is 0.569. The van der Waals surface area contributed by atoms with E-state index in [2.05, 4.69) is 13.0 Å². The van der Waals surface area contributed by atoms with Gasteiger partial charge in [-0.25, -0.2) is 0 Å². The molecule has 1 atom stereocenters. The molecule has 0 heterocycles. The Hall–Kier alpha value is -0.563. The number of allylic oxidation sites excluding steroid dienone is 3. The third-order valence-electron chi connectivity index (χ3n) is 2.67. The highest BCUT2D eigenvalue weighted by Crippen LogP contribution is 2.33. The van der Waals surface area contributed by atoms with E-state index in [9.17, 15) is 5.26 Å². The lowest BCUT2D eigenvalue weighted by Gasteiger charge is -2.32. The summed E-state index contributed by atoms with van der Waals surface area (Å²) < 4.78 is 6.00. The summed E-state index contributed by atoms with van der Waals surface area (Å²) in [6, 6.07) is 2.28. The van der Waals surface area contributed by atoms with E-state index in [1.807, 2.05) is 32.2 Å². The summed E-state index contributed by atoms with van der Waals surface area (Å²) in [5.41, 5.74) is 1.99. The molecule has 0 amide bonds. The Labute approximate surface area is 104 Å². The first-order chi connectivity index (χ1) is 7.33. The predicted molar refractivity (Wildman–Crippen MR) is 69.8 cm³/mol. The molecule has 88 valence electrons. The Morgan fingerprint density at radius 2 is 2.19 bits per heavy atom. The zero-order valence-corrected chi connectivity index (χ0v) is 12.1. The van der Waals surface area contributed by atoms with E-state index >= 15 is 0 Å². The third-order valence-corrected chi connectivity index (χ3v) is 6.20. The molecule has 1 aliphatic carbocycles. The lowest BCUT2D eigenvalue weighted by atomic mass is 9.95. The molecular weight excluding hydrogens is 238 g/mol. The molecule has 0 aromatic heterocycles. The zero-order chi connectivity index (χ0) is 12.4. The first-order valence-electron chi connectivity index (χ1n) is 5.37. The van der Waals surface area contributed by atoms with Crippen LogP contribution in [0.5, 0.6) is 0 Å². The van der Waals surface area contributed by atoms with Crippen molar-refractivity contribution in [1.82, 2.24) is 0 Å². The molecule has 1 unspecified atom stereocenters. The van der Waals surface area contributed by atoms with Gasteiger partial charge in [0.25, 0.3) is 0 Å². The average Bonchev–Trinajstić information content (AvgIpc) is 2.65. The monoisotopic (exact) mass is 255 g/mol. The topological polar surface area (TPSA) is 33.0 Å². The summed E-state index contributed by atoms with van der Waals surface area (Å²) in [6.45, 7) is 7.97. The van der Waals surface area contributed by atoms with E-state index in [1.165, 1.54) is 5.57 Å². The predicted octanol–water partition coefficient (Wildman–Crippen LogP) is 3.54. The summed E-state index contributed by atoms with van der Waals surface area (Å²) in [5.74, 6) is 0. The first kappa shape index (κ1) is 13.5. The Morgan fingerprint density at radius 1 is 1.56 bits per heavy atom. The van der Waals surface area contributed by atoms with Crippen molar-refractivity contribution in [3.05, 3.63) is 23.3 Å². The maximum Gasteiger partial charge on any atom is 0.203 e. The van der Waals surface area contributed by atoms with Crippen LogP contribution in [-0.4, -0.2) is 19.4 Å². The number of halogens is 1. The molecule has 4 heteroatoms. The van der Waals surface area contributed by atoms with E-state index < -0.39 is 13.9 Å². The van der Waals surface area contributed by atoms with Crippen molar-refractivity contribution < 1.29 is 4.43 Å². The van der Waals surface area contributed by atoms with Crippen LogP contribution in [0.15, 0.2) is 23.3 Å². The molecule has 0 aromatic carbocycles. The van der Waals surface area contributed by atoms with Gasteiger partial charge in [0.1, 0.15) is 6.07 Å². The first-order valence-corrected chi connectivity index (χ1v) is 9.02. The smallest absolute Gasteiger partial charge is 0.203 e. The fourth-order valence-electron chi connectivity index (χ4n) is 1.73. The van der Waals surface area contributed by atoms with Gasteiger partial charge in [-0.1, -0.05) is 17.7 Å². The van der Waals surface area contributed by atoms with Gasteiger partial charge in [-0.15, -0.1) is 11.6 Å². The van der Waals surface area contributed by atoms with Crippen molar-refractivity contribution in [2.45, 2.75) is 39.0 Å². The molecule has 0 N–H and O–H groups in total. The third kappa shape index (κ3) is 2.97. The minimum atomic E-state index is -1.94. The number of alkyl halides is 1. The van der Waals surface area contributed by atoms with E-state index in [4.69, 9.17) is 16.0 Å². The normalized spacial score (nSPS) is 19.8. The van der Waals surface area contributed by atoms with Crippen molar-refractivity contribution in [1.29, 1.82) is 5.26 Å². The van der Waals surface area contributed by atoms with E-state index in [0.717, 1.165) is 12.0 Å². The van der Waals surface area contributed by atoms with Gasteiger partial charge in [-0.2, -0.15) is 5.26 Å². The van der Waals surface area contributed by atoms with Crippen molar-refractivity contribution >= 4 is 19.9 Å². The Morgan fingerprint density at radius 3 is 2.56 bits per heavy atom. The number of hydrogen-bond acceptors (Lipinski definition) is 2. The largest absolute Gasteiger partial charge is 0.395 e. The lowest BCUT2D eigenvalue weighted by Crippen LogP contribution is -2.44. The fourth-order valence-corrected chi connectivity index (χ4v) is 3.23. The second kappa shape index (κ2) is 4.75. The molecule has 0 bridgehead atoms. The SMILES string of the molecule is CC1=CC=C(C(C)(C#N)O[Si](C)(C)CCl)C1. The van der Waals surface area contributed by atoms with E-state index in [0.29, 0.717) is 5.50 Å². The van der Waals surface area contributed by atoms with Crippen LogP contribution in [0.3, 0.4) is 0 Å². The highest BCUT2D eigenvalue weighted by molar-refractivity contribution is 6.77. The molecule has 0 aromatic rings. The Kier molecular flexibility index (Phi) is 4.00. The number of hydrogen-bond donors (Lipinski definition) is 0. The van der Waals surface area contributed by atoms with Crippen molar-refractivity contribution in [2.75, 3.05) is 5.50 Å². The van der Waals surface area contributed by atoms with Crippen LogP contribution in [0.2, 0.25) is 13.1 Å². The Bertz CT molecular complexity index is 381. The van der Waals surface area contributed by atoms with Crippen molar-refractivity contribution in [2.24, 2.45) is 0 Å². The molecule has 0 fully saturated rings. The van der Waals surface area contributed by atoms with E-state index in [-0.39, 0.29) is 0 Å². The molecule has 1 aliphatic rings. The van der Waals surface area contributed by atoms with Gasteiger partial charge in [-0.3, -0.25) is 0 Å². The summed E-state index contributed by atoms with van der Waals surface area (Å²) in [5, 5.41) is 9.33. The highest BCUT2D eigenvalue weighted by atomic mass is 35.5. The van der Waals surface area contributed by atoms with Gasteiger partial charge in [0.05, 0.1) is 0 Å². The standard InChI is InChI=1S/C12H18ClNOSi/c1-10-5-6-11(7-10)12(2,8-14)15-16(3,4)9-13/h5-6H,7,9H2,1-4H3. The van der Waals surface area contributed by atoms with Crippen LogP contribution < -0.4 is 0 Å².